The molecule has 0 aliphatic heterocycles. The molecule has 150 valence electrons. The van der Waals surface area contributed by atoms with Gasteiger partial charge in [-0.05, 0) is 30.7 Å². The van der Waals surface area contributed by atoms with Crippen molar-refractivity contribution in [2.24, 2.45) is 0 Å². The summed E-state index contributed by atoms with van der Waals surface area (Å²) in [7, 11) is 1.52. The number of hydrogen-bond donors (Lipinski definition) is 2. The molecule has 0 aliphatic carbocycles. The molecule has 2 N–H and O–H groups in total. The fraction of sp³-hybridized carbons (Fsp3) is 0.190. The summed E-state index contributed by atoms with van der Waals surface area (Å²) in [5, 5.41) is 3.58. The third-order valence-corrected chi connectivity index (χ3v) is 5.37. The molecule has 1 heterocycles. The standard InChI is InChI=1S/C21H20ClN3O3S/c1-13-16(10-14-6-4-3-5-7-14)20(27)25-21(23-13)29-12-19(26)24-15-8-9-18(28-2)17(22)11-15/h3-9,11H,10,12H2,1-2H3,(H,24,26)(H,23,25,27). The van der Waals surface area contributed by atoms with Gasteiger partial charge in [0.15, 0.2) is 5.16 Å². The number of nitrogens with zero attached hydrogens (tertiary/aromatic N) is 1. The van der Waals surface area contributed by atoms with E-state index in [1.807, 2.05) is 30.3 Å². The van der Waals surface area contributed by atoms with Crippen LogP contribution in [0.15, 0.2) is 58.5 Å². The van der Waals surface area contributed by atoms with Crippen LogP contribution in [0.3, 0.4) is 0 Å². The Hall–Kier alpha value is -2.77. The van der Waals surface area contributed by atoms with Crippen molar-refractivity contribution in [3.8, 4) is 5.75 Å². The van der Waals surface area contributed by atoms with Crippen LogP contribution in [-0.2, 0) is 11.2 Å². The number of amides is 1. The van der Waals surface area contributed by atoms with Gasteiger partial charge in [-0.1, -0.05) is 53.7 Å². The lowest BCUT2D eigenvalue weighted by Crippen LogP contribution is -2.19. The van der Waals surface area contributed by atoms with E-state index in [1.165, 1.54) is 18.9 Å². The molecular weight excluding hydrogens is 410 g/mol. The van der Waals surface area contributed by atoms with Crippen LogP contribution in [0.5, 0.6) is 5.75 Å². The summed E-state index contributed by atoms with van der Waals surface area (Å²) < 4.78 is 5.09. The maximum Gasteiger partial charge on any atom is 0.255 e. The number of nitrogens with one attached hydrogen (secondary N) is 2. The normalized spacial score (nSPS) is 10.6. The Labute approximate surface area is 177 Å². The molecule has 0 saturated heterocycles. The lowest BCUT2D eigenvalue weighted by Gasteiger charge is -2.09. The topological polar surface area (TPSA) is 84.1 Å². The number of aromatic nitrogens is 2. The number of ether oxygens (including phenoxy) is 1. The molecule has 3 rings (SSSR count). The first kappa shape index (κ1) is 21.0. The molecular formula is C21H20ClN3O3S. The minimum Gasteiger partial charge on any atom is -0.495 e. The van der Waals surface area contributed by atoms with Gasteiger partial charge in [0, 0.05) is 23.4 Å². The second-order valence-corrected chi connectivity index (χ2v) is 7.65. The monoisotopic (exact) mass is 429 g/mol. The van der Waals surface area contributed by atoms with E-state index in [0.717, 1.165) is 5.56 Å². The number of halogens is 1. The van der Waals surface area contributed by atoms with Crippen LogP contribution in [0.25, 0.3) is 0 Å². The number of carbonyl (C=O) groups is 1. The highest BCUT2D eigenvalue weighted by Gasteiger charge is 2.12. The molecule has 0 aliphatic rings. The predicted molar refractivity (Wildman–Crippen MR) is 116 cm³/mol. The number of carbonyl (C=O) groups excluding carboxylic acids is 1. The maximum atomic E-state index is 12.5. The largest absolute Gasteiger partial charge is 0.495 e. The molecule has 3 aromatic rings. The van der Waals surface area contributed by atoms with Crippen molar-refractivity contribution in [1.29, 1.82) is 0 Å². The minimum absolute atomic E-state index is 0.101. The number of methoxy groups -OCH3 is 1. The van der Waals surface area contributed by atoms with Gasteiger partial charge in [-0.3, -0.25) is 9.59 Å². The first-order valence-electron chi connectivity index (χ1n) is 8.86. The second kappa shape index (κ2) is 9.62. The first-order valence-corrected chi connectivity index (χ1v) is 10.2. The number of aromatic amines is 1. The third-order valence-electron chi connectivity index (χ3n) is 4.20. The van der Waals surface area contributed by atoms with E-state index in [1.54, 1.807) is 25.1 Å². The summed E-state index contributed by atoms with van der Waals surface area (Å²) >= 11 is 7.23. The highest BCUT2D eigenvalue weighted by molar-refractivity contribution is 7.99. The van der Waals surface area contributed by atoms with E-state index < -0.39 is 0 Å². The van der Waals surface area contributed by atoms with E-state index in [2.05, 4.69) is 15.3 Å². The summed E-state index contributed by atoms with van der Waals surface area (Å²) in [5.74, 6) is 0.404. The Morgan fingerprint density at radius 1 is 1.24 bits per heavy atom. The van der Waals surface area contributed by atoms with Crippen LogP contribution in [0.2, 0.25) is 5.02 Å². The van der Waals surface area contributed by atoms with Crippen molar-refractivity contribution in [2.45, 2.75) is 18.5 Å². The third kappa shape index (κ3) is 5.62. The fourth-order valence-corrected chi connectivity index (χ4v) is 3.70. The Kier molecular flexibility index (Phi) is 6.95. The number of anilines is 1. The van der Waals surface area contributed by atoms with Gasteiger partial charge in [-0.25, -0.2) is 4.98 Å². The molecule has 1 amide bonds. The number of benzene rings is 2. The van der Waals surface area contributed by atoms with Crippen molar-refractivity contribution >= 4 is 35.0 Å². The van der Waals surface area contributed by atoms with Crippen molar-refractivity contribution in [3.05, 3.63) is 80.7 Å². The van der Waals surface area contributed by atoms with Crippen LogP contribution in [0, 0.1) is 6.92 Å². The Bertz CT molecular complexity index is 1070. The highest BCUT2D eigenvalue weighted by atomic mass is 35.5. The Morgan fingerprint density at radius 3 is 2.66 bits per heavy atom. The van der Waals surface area contributed by atoms with E-state index in [0.29, 0.717) is 39.3 Å². The fourth-order valence-electron chi connectivity index (χ4n) is 2.74. The van der Waals surface area contributed by atoms with Gasteiger partial charge in [0.25, 0.3) is 5.56 Å². The molecule has 29 heavy (non-hydrogen) atoms. The molecule has 0 radical (unpaired) electrons. The predicted octanol–water partition coefficient (Wildman–Crippen LogP) is 4.06. The van der Waals surface area contributed by atoms with Crippen molar-refractivity contribution in [1.82, 2.24) is 9.97 Å². The zero-order valence-electron chi connectivity index (χ0n) is 16.0. The van der Waals surface area contributed by atoms with Crippen LogP contribution in [-0.4, -0.2) is 28.7 Å². The van der Waals surface area contributed by atoms with Gasteiger partial charge in [0.05, 0.1) is 17.9 Å². The van der Waals surface area contributed by atoms with Gasteiger partial charge in [0.1, 0.15) is 5.75 Å². The summed E-state index contributed by atoms with van der Waals surface area (Å²) in [6, 6.07) is 14.7. The molecule has 2 aromatic carbocycles. The molecule has 0 fully saturated rings. The second-order valence-electron chi connectivity index (χ2n) is 6.28. The molecule has 6 nitrogen and oxygen atoms in total. The smallest absolute Gasteiger partial charge is 0.255 e. The summed E-state index contributed by atoms with van der Waals surface area (Å²) in [6.07, 6.45) is 0.513. The molecule has 8 heteroatoms. The highest BCUT2D eigenvalue weighted by Crippen LogP contribution is 2.27. The van der Waals surface area contributed by atoms with Crippen LogP contribution in [0.4, 0.5) is 5.69 Å². The van der Waals surface area contributed by atoms with E-state index in [-0.39, 0.29) is 17.2 Å². The average Bonchev–Trinajstić information content (AvgIpc) is 2.70. The van der Waals surface area contributed by atoms with Crippen molar-refractivity contribution < 1.29 is 9.53 Å². The lowest BCUT2D eigenvalue weighted by molar-refractivity contribution is -0.113. The van der Waals surface area contributed by atoms with Crippen LogP contribution in [0.1, 0.15) is 16.8 Å². The van der Waals surface area contributed by atoms with E-state index in [9.17, 15) is 9.59 Å². The van der Waals surface area contributed by atoms with Crippen molar-refractivity contribution in [3.63, 3.8) is 0 Å². The molecule has 0 bridgehead atoms. The van der Waals surface area contributed by atoms with Gasteiger partial charge < -0.3 is 15.0 Å². The molecule has 0 saturated carbocycles. The van der Waals surface area contributed by atoms with Crippen LogP contribution < -0.4 is 15.6 Å². The quantitative estimate of drug-likeness (QED) is 0.437. The number of aryl methyl sites for hydroxylation is 1. The summed E-state index contributed by atoms with van der Waals surface area (Å²) in [4.78, 5) is 31.9. The van der Waals surface area contributed by atoms with Crippen LogP contribution >= 0.6 is 23.4 Å². The van der Waals surface area contributed by atoms with Gasteiger partial charge in [-0.15, -0.1) is 0 Å². The first-order chi connectivity index (χ1) is 14.0. The maximum absolute atomic E-state index is 12.5. The van der Waals surface area contributed by atoms with E-state index >= 15 is 0 Å². The number of H-pyrrole nitrogens is 1. The zero-order chi connectivity index (χ0) is 20.8. The lowest BCUT2D eigenvalue weighted by atomic mass is 10.1. The summed E-state index contributed by atoms with van der Waals surface area (Å²) in [5.41, 5.74) is 2.70. The zero-order valence-corrected chi connectivity index (χ0v) is 17.6. The molecule has 1 aromatic heterocycles. The van der Waals surface area contributed by atoms with Gasteiger partial charge >= 0.3 is 0 Å². The Morgan fingerprint density at radius 2 is 2.00 bits per heavy atom. The molecule has 0 unspecified atom stereocenters. The Balaban J connectivity index is 1.62. The molecule has 0 atom stereocenters. The average molecular weight is 430 g/mol. The van der Waals surface area contributed by atoms with Crippen molar-refractivity contribution in [2.75, 3.05) is 18.2 Å². The van der Waals surface area contributed by atoms with Gasteiger partial charge in [-0.2, -0.15) is 0 Å². The van der Waals surface area contributed by atoms with E-state index in [4.69, 9.17) is 16.3 Å². The minimum atomic E-state index is -0.232. The summed E-state index contributed by atoms with van der Waals surface area (Å²) in [6.45, 7) is 1.80. The number of rotatable bonds is 7. The van der Waals surface area contributed by atoms with Gasteiger partial charge in [0.2, 0.25) is 5.91 Å². The number of thioether (sulfide) groups is 1. The number of hydrogen-bond acceptors (Lipinski definition) is 5. The molecule has 0 spiro atoms. The SMILES string of the molecule is COc1ccc(NC(=O)CSc2nc(C)c(Cc3ccccc3)c(=O)[nH]2)cc1Cl.